The van der Waals surface area contributed by atoms with Crippen molar-refractivity contribution in [2.24, 2.45) is 0 Å². The van der Waals surface area contributed by atoms with Gasteiger partial charge in [0.2, 0.25) is 0 Å². The Kier molecular flexibility index (Phi) is 6.38. The van der Waals surface area contributed by atoms with Crippen LogP contribution in [0.2, 0.25) is 0 Å². The summed E-state index contributed by atoms with van der Waals surface area (Å²) in [6, 6.07) is 54.9. The highest BCUT2D eigenvalue weighted by atomic mass is 32.1. The average molecular weight is 616 g/mol. The van der Waals surface area contributed by atoms with E-state index in [0.29, 0.717) is 5.56 Å². The van der Waals surface area contributed by atoms with E-state index in [1.807, 2.05) is 53.8 Å². The van der Waals surface area contributed by atoms with Gasteiger partial charge in [-0.25, -0.2) is 9.97 Å². The Morgan fingerprint density at radius 3 is 1.79 bits per heavy atom. The minimum Gasteiger partial charge on any atom is -0.245 e. The predicted molar refractivity (Wildman–Crippen MR) is 196 cm³/mol. The molecule has 3 heterocycles. The Hall–Kier alpha value is -6.15. The molecular weight excluding hydrogens is 591 g/mol. The second-order valence-corrected chi connectivity index (χ2v) is 12.8. The largest absolute Gasteiger partial charge is 0.245 e. The van der Waals surface area contributed by atoms with Gasteiger partial charge in [0.15, 0.2) is 0 Å². The zero-order chi connectivity index (χ0) is 31.3. The molecule has 0 unspecified atom stereocenters. The fourth-order valence-corrected chi connectivity index (χ4v) is 7.70. The zero-order valence-corrected chi connectivity index (χ0v) is 26.0. The number of rotatable bonds is 4. The van der Waals surface area contributed by atoms with Crippen LogP contribution in [0, 0.1) is 11.3 Å². The standard InChI is InChI=1S/C43H25N3S/c44-26-33-9-4-5-10-34(33)27-13-15-28(16-14-27)35-11-6-12-40-41(35)36-25-32(21-24-39(36)47-40)38-23-20-31-18-17-30-19-22-37(29-7-2-1-3-8-29)45-42(30)43(31)46-38/h1-25H. The van der Waals surface area contributed by atoms with E-state index in [1.54, 1.807) is 0 Å². The summed E-state index contributed by atoms with van der Waals surface area (Å²) in [5.41, 5.74) is 10.9. The molecule has 6 aromatic carbocycles. The number of nitrogens with zero attached hydrogens (tertiary/aromatic N) is 3. The minimum absolute atomic E-state index is 0.682. The van der Waals surface area contributed by atoms with Crippen molar-refractivity contribution >= 4 is 53.3 Å². The van der Waals surface area contributed by atoms with Gasteiger partial charge in [-0.1, -0.05) is 115 Å². The maximum Gasteiger partial charge on any atom is 0.0998 e. The van der Waals surface area contributed by atoms with Gasteiger partial charge in [-0.05, 0) is 58.7 Å². The molecule has 0 saturated heterocycles. The van der Waals surface area contributed by atoms with Gasteiger partial charge in [0.05, 0.1) is 34.1 Å². The molecule has 0 saturated carbocycles. The fourth-order valence-electron chi connectivity index (χ4n) is 6.59. The predicted octanol–water partition coefficient (Wildman–Crippen LogP) is 11.7. The van der Waals surface area contributed by atoms with Gasteiger partial charge in [-0.15, -0.1) is 11.3 Å². The molecule has 4 heteroatoms. The summed E-state index contributed by atoms with van der Waals surface area (Å²) in [6.07, 6.45) is 0. The number of thiophene rings is 1. The third-order valence-corrected chi connectivity index (χ3v) is 10.1. The quantitative estimate of drug-likeness (QED) is 0.185. The monoisotopic (exact) mass is 615 g/mol. The molecule has 0 spiro atoms. The van der Waals surface area contributed by atoms with Crippen molar-refractivity contribution in [2.75, 3.05) is 0 Å². The number of fused-ring (bicyclic) bond motifs is 6. The van der Waals surface area contributed by atoms with Gasteiger partial charge in [-0.2, -0.15) is 5.26 Å². The first kappa shape index (κ1) is 27.2. The van der Waals surface area contributed by atoms with Crippen LogP contribution < -0.4 is 0 Å². The number of benzene rings is 6. The third kappa shape index (κ3) is 4.65. The molecule has 0 aliphatic heterocycles. The molecule has 0 radical (unpaired) electrons. The fraction of sp³-hybridized carbons (Fsp3) is 0. The van der Waals surface area contributed by atoms with Crippen LogP contribution in [-0.2, 0) is 0 Å². The van der Waals surface area contributed by atoms with Gasteiger partial charge < -0.3 is 0 Å². The zero-order valence-electron chi connectivity index (χ0n) is 25.2. The van der Waals surface area contributed by atoms with Gasteiger partial charge in [0, 0.05) is 42.1 Å². The first-order valence-electron chi connectivity index (χ1n) is 15.5. The molecule has 0 aliphatic carbocycles. The maximum absolute atomic E-state index is 9.61. The lowest BCUT2D eigenvalue weighted by Gasteiger charge is -2.09. The molecule has 47 heavy (non-hydrogen) atoms. The van der Waals surface area contributed by atoms with Crippen molar-refractivity contribution in [3.8, 4) is 50.8 Å². The summed E-state index contributed by atoms with van der Waals surface area (Å²) in [7, 11) is 0. The van der Waals surface area contributed by atoms with Crippen molar-refractivity contribution in [1.29, 1.82) is 5.26 Å². The van der Waals surface area contributed by atoms with E-state index in [0.717, 1.165) is 61.0 Å². The Morgan fingerprint density at radius 2 is 1.06 bits per heavy atom. The molecular formula is C43H25N3S. The van der Waals surface area contributed by atoms with Crippen LogP contribution in [0.3, 0.4) is 0 Å². The highest BCUT2D eigenvalue weighted by molar-refractivity contribution is 7.26. The van der Waals surface area contributed by atoms with Gasteiger partial charge in [0.25, 0.3) is 0 Å². The molecule has 0 fully saturated rings. The molecule has 218 valence electrons. The highest BCUT2D eigenvalue weighted by Crippen LogP contribution is 2.42. The molecule has 0 N–H and O–H groups in total. The lowest BCUT2D eigenvalue weighted by Crippen LogP contribution is -1.91. The normalized spacial score (nSPS) is 11.4. The van der Waals surface area contributed by atoms with E-state index in [9.17, 15) is 5.26 Å². The first-order chi connectivity index (χ1) is 23.2. The lowest BCUT2D eigenvalue weighted by molar-refractivity contribution is 1.37. The molecule has 0 aliphatic rings. The summed E-state index contributed by atoms with van der Waals surface area (Å²) in [4.78, 5) is 10.3. The molecule has 0 atom stereocenters. The van der Waals surface area contributed by atoms with Crippen LogP contribution in [0.5, 0.6) is 0 Å². The van der Waals surface area contributed by atoms with E-state index in [4.69, 9.17) is 9.97 Å². The number of hydrogen-bond donors (Lipinski definition) is 0. The van der Waals surface area contributed by atoms with Gasteiger partial charge in [-0.3, -0.25) is 0 Å². The Labute approximate surface area is 275 Å². The smallest absolute Gasteiger partial charge is 0.0998 e. The maximum atomic E-state index is 9.61. The van der Waals surface area contributed by atoms with E-state index in [1.165, 1.54) is 25.7 Å². The molecule has 3 aromatic heterocycles. The SMILES string of the molecule is N#Cc1ccccc1-c1ccc(-c2cccc3sc4ccc(-c5ccc6ccc7ccc(-c8ccccc8)nc7c6n5)cc4c23)cc1. The van der Waals surface area contributed by atoms with E-state index < -0.39 is 0 Å². The first-order valence-corrected chi connectivity index (χ1v) is 16.4. The topological polar surface area (TPSA) is 49.6 Å². The van der Waals surface area contributed by atoms with Crippen molar-refractivity contribution in [2.45, 2.75) is 0 Å². The van der Waals surface area contributed by atoms with E-state index in [2.05, 4.69) is 115 Å². The number of pyridine rings is 2. The highest BCUT2D eigenvalue weighted by Gasteiger charge is 2.14. The van der Waals surface area contributed by atoms with Gasteiger partial charge >= 0.3 is 0 Å². The summed E-state index contributed by atoms with van der Waals surface area (Å²) in [5, 5.41) is 14.2. The van der Waals surface area contributed by atoms with E-state index in [-0.39, 0.29) is 0 Å². The van der Waals surface area contributed by atoms with Crippen LogP contribution in [-0.4, -0.2) is 9.97 Å². The summed E-state index contributed by atoms with van der Waals surface area (Å²) in [6.45, 7) is 0. The average Bonchev–Trinajstić information content (AvgIpc) is 3.53. The molecule has 9 rings (SSSR count). The van der Waals surface area contributed by atoms with Crippen molar-refractivity contribution in [1.82, 2.24) is 9.97 Å². The number of nitriles is 1. The number of aromatic nitrogens is 2. The second kappa shape index (κ2) is 11.0. The minimum atomic E-state index is 0.682. The van der Waals surface area contributed by atoms with Crippen molar-refractivity contribution in [3.05, 3.63) is 157 Å². The second-order valence-electron chi connectivity index (χ2n) is 11.7. The summed E-state index contributed by atoms with van der Waals surface area (Å²) >= 11 is 1.82. The van der Waals surface area contributed by atoms with E-state index >= 15 is 0 Å². The molecule has 3 nitrogen and oxygen atoms in total. The summed E-state index contributed by atoms with van der Waals surface area (Å²) < 4.78 is 2.50. The molecule has 0 amide bonds. The van der Waals surface area contributed by atoms with Gasteiger partial charge in [0.1, 0.15) is 0 Å². The van der Waals surface area contributed by atoms with Crippen LogP contribution in [0.25, 0.3) is 86.7 Å². The van der Waals surface area contributed by atoms with Crippen LogP contribution in [0.15, 0.2) is 152 Å². The number of hydrogen-bond acceptors (Lipinski definition) is 4. The Morgan fingerprint density at radius 1 is 0.468 bits per heavy atom. The lowest BCUT2D eigenvalue weighted by atomic mass is 9.95. The Bertz CT molecular complexity index is 2680. The van der Waals surface area contributed by atoms with Crippen molar-refractivity contribution < 1.29 is 0 Å². The summed E-state index contributed by atoms with van der Waals surface area (Å²) in [5.74, 6) is 0. The molecule has 9 aromatic rings. The van der Waals surface area contributed by atoms with Crippen molar-refractivity contribution in [3.63, 3.8) is 0 Å². The van der Waals surface area contributed by atoms with Crippen LogP contribution in [0.4, 0.5) is 0 Å². The van der Waals surface area contributed by atoms with Crippen LogP contribution in [0.1, 0.15) is 5.56 Å². The van der Waals surface area contributed by atoms with Crippen LogP contribution >= 0.6 is 11.3 Å². The third-order valence-electron chi connectivity index (χ3n) is 8.93. The molecule has 0 bridgehead atoms. The Balaban J connectivity index is 1.17.